The lowest BCUT2D eigenvalue weighted by Crippen LogP contribution is -2.50. The molecule has 2 aromatic rings. The van der Waals surface area contributed by atoms with Crippen LogP contribution in [-0.4, -0.2) is 63.9 Å². The zero-order chi connectivity index (χ0) is 21.7. The summed E-state index contributed by atoms with van der Waals surface area (Å²) in [6.45, 7) is 3.32. The van der Waals surface area contributed by atoms with Crippen molar-refractivity contribution in [3.8, 4) is 11.5 Å². The van der Waals surface area contributed by atoms with Crippen LogP contribution in [0, 0.1) is 6.92 Å². The Morgan fingerprint density at radius 1 is 0.933 bits per heavy atom. The van der Waals surface area contributed by atoms with Crippen molar-refractivity contribution in [3.63, 3.8) is 0 Å². The molecule has 30 heavy (non-hydrogen) atoms. The normalized spacial score (nSPS) is 15.1. The number of ether oxygens (including phenoxy) is 2. The predicted molar refractivity (Wildman–Crippen MR) is 114 cm³/mol. The number of hydrogen-bond donors (Lipinski definition) is 0. The zero-order valence-corrected chi connectivity index (χ0v) is 18.4. The highest BCUT2D eigenvalue weighted by molar-refractivity contribution is 7.89. The van der Waals surface area contributed by atoms with E-state index in [2.05, 4.69) is 0 Å². The van der Waals surface area contributed by atoms with E-state index in [1.807, 2.05) is 25.1 Å². The van der Waals surface area contributed by atoms with Crippen LogP contribution in [0.1, 0.15) is 17.5 Å². The first kappa shape index (κ1) is 22.1. The standard InChI is InChI=1S/C22H28N2O5S/c1-17-4-8-19(9-5-17)30(26,27)24-14-12-23(13-15-24)22(25)11-7-18-6-10-20(28-2)21(16-18)29-3/h4-6,8-10,16H,7,11-15H2,1-3H3. The van der Waals surface area contributed by atoms with Gasteiger partial charge in [0.05, 0.1) is 19.1 Å². The molecule has 2 aromatic carbocycles. The van der Waals surface area contributed by atoms with Gasteiger partial charge in [-0.25, -0.2) is 8.42 Å². The number of sulfonamides is 1. The van der Waals surface area contributed by atoms with E-state index in [4.69, 9.17) is 9.47 Å². The summed E-state index contributed by atoms with van der Waals surface area (Å²) in [6, 6.07) is 12.5. The molecule has 0 saturated carbocycles. The molecule has 162 valence electrons. The summed E-state index contributed by atoms with van der Waals surface area (Å²) in [5.41, 5.74) is 2.00. The molecule has 1 aliphatic rings. The lowest BCUT2D eigenvalue weighted by Gasteiger charge is -2.34. The van der Waals surface area contributed by atoms with E-state index in [9.17, 15) is 13.2 Å². The Bertz CT molecular complexity index is 981. The maximum Gasteiger partial charge on any atom is 0.243 e. The van der Waals surface area contributed by atoms with Crippen LogP contribution in [0.2, 0.25) is 0 Å². The van der Waals surface area contributed by atoms with Gasteiger partial charge >= 0.3 is 0 Å². The molecule has 1 aliphatic heterocycles. The number of methoxy groups -OCH3 is 2. The van der Waals surface area contributed by atoms with Gasteiger partial charge in [-0.1, -0.05) is 23.8 Å². The van der Waals surface area contributed by atoms with Gasteiger partial charge in [0.25, 0.3) is 0 Å². The number of rotatable bonds is 7. The van der Waals surface area contributed by atoms with Crippen LogP contribution >= 0.6 is 0 Å². The van der Waals surface area contributed by atoms with Crippen LogP contribution in [0.15, 0.2) is 47.4 Å². The maximum atomic E-state index is 12.8. The number of piperazine rings is 1. The lowest BCUT2D eigenvalue weighted by molar-refractivity contribution is -0.132. The van der Waals surface area contributed by atoms with Crippen molar-refractivity contribution in [3.05, 3.63) is 53.6 Å². The third-order valence-electron chi connectivity index (χ3n) is 5.33. The summed E-state index contributed by atoms with van der Waals surface area (Å²) in [5, 5.41) is 0. The van der Waals surface area contributed by atoms with Gasteiger partial charge in [-0.3, -0.25) is 4.79 Å². The first-order valence-electron chi connectivity index (χ1n) is 9.90. The number of nitrogens with zero attached hydrogens (tertiary/aromatic N) is 2. The fourth-order valence-electron chi connectivity index (χ4n) is 3.48. The highest BCUT2D eigenvalue weighted by atomic mass is 32.2. The molecule has 8 heteroatoms. The van der Waals surface area contributed by atoms with Crippen molar-refractivity contribution >= 4 is 15.9 Å². The van der Waals surface area contributed by atoms with E-state index >= 15 is 0 Å². The molecule has 0 spiro atoms. The number of aryl methyl sites for hydroxylation is 2. The highest BCUT2D eigenvalue weighted by Crippen LogP contribution is 2.28. The van der Waals surface area contributed by atoms with E-state index in [-0.39, 0.29) is 5.91 Å². The third kappa shape index (κ3) is 4.94. The first-order valence-corrected chi connectivity index (χ1v) is 11.3. The molecular weight excluding hydrogens is 404 g/mol. The molecule has 7 nitrogen and oxygen atoms in total. The van der Waals surface area contributed by atoms with E-state index in [0.717, 1.165) is 11.1 Å². The maximum absolute atomic E-state index is 12.8. The first-order chi connectivity index (χ1) is 14.3. The Labute approximate surface area is 178 Å². The van der Waals surface area contributed by atoms with Crippen LogP contribution in [0.25, 0.3) is 0 Å². The zero-order valence-electron chi connectivity index (χ0n) is 17.6. The van der Waals surface area contributed by atoms with Crippen LogP contribution < -0.4 is 9.47 Å². The minimum absolute atomic E-state index is 0.0252. The van der Waals surface area contributed by atoms with E-state index in [1.54, 1.807) is 43.4 Å². The summed E-state index contributed by atoms with van der Waals surface area (Å²) < 4.78 is 37.6. The number of carbonyl (C=O) groups is 1. The van der Waals surface area contributed by atoms with Gasteiger partial charge in [0.1, 0.15) is 0 Å². The van der Waals surface area contributed by atoms with Crippen molar-refractivity contribution < 1.29 is 22.7 Å². The van der Waals surface area contributed by atoms with Crippen molar-refractivity contribution in [1.82, 2.24) is 9.21 Å². The van der Waals surface area contributed by atoms with Gasteiger partial charge in [0.15, 0.2) is 11.5 Å². The van der Waals surface area contributed by atoms with Gasteiger partial charge in [0.2, 0.25) is 15.9 Å². The topological polar surface area (TPSA) is 76.2 Å². The number of carbonyl (C=O) groups excluding carboxylic acids is 1. The second kappa shape index (κ2) is 9.49. The average Bonchev–Trinajstić information content (AvgIpc) is 2.77. The van der Waals surface area contributed by atoms with Gasteiger partial charge in [-0.15, -0.1) is 0 Å². The molecule has 1 heterocycles. The minimum Gasteiger partial charge on any atom is -0.493 e. The third-order valence-corrected chi connectivity index (χ3v) is 7.24. The molecule has 0 atom stereocenters. The molecular formula is C22H28N2O5S. The largest absolute Gasteiger partial charge is 0.493 e. The minimum atomic E-state index is -3.53. The summed E-state index contributed by atoms with van der Waals surface area (Å²) in [6.07, 6.45) is 0.946. The lowest BCUT2D eigenvalue weighted by atomic mass is 10.1. The Morgan fingerprint density at radius 2 is 1.57 bits per heavy atom. The monoisotopic (exact) mass is 432 g/mol. The van der Waals surface area contributed by atoms with Crippen molar-refractivity contribution in [1.29, 1.82) is 0 Å². The van der Waals surface area contributed by atoms with Crippen molar-refractivity contribution in [2.75, 3.05) is 40.4 Å². The Kier molecular flexibility index (Phi) is 6.99. The van der Waals surface area contributed by atoms with Crippen LogP contribution in [0.4, 0.5) is 0 Å². The molecule has 0 radical (unpaired) electrons. The quantitative estimate of drug-likeness (QED) is 0.672. The smallest absolute Gasteiger partial charge is 0.243 e. The summed E-state index contributed by atoms with van der Waals surface area (Å²) >= 11 is 0. The number of benzene rings is 2. The molecule has 3 rings (SSSR count). The number of amides is 1. The molecule has 0 bridgehead atoms. The molecule has 0 N–H and O–H groups in total. The number of hydrogen-bond acceptors (Lipinski definition) is 5. The Morgan fingerprint density at radius 3 is 2.17 bits per heavy atom. The summed E-state index contributed by atoms with van der Waals surface area (Å²) in [5.74, 6) is 1.31. The van der Waals surface area contributed by atoms with Crippen LogP contribution in [0.5, 0.6) is 11.5 Å². The molecule has 0 aromatic heterocycles. The van der Waals surface area contributed by atoms with Gasteiger partial charge in [-0.2, -0.15) is 4.31 Å². The fraction of sp³-hybridized carbons (Fsp3) is 0.409. The van der Waals surface area contributed by atoms with Crippen LogP contribution in [-0.2, 0) is 21.2 Å². The highest BCUT2D eigenvalue weighted by Gasteiger charge is 2.29. The summed E-state index contributed by atoms with van der Waals surface area (Å²) in [7, 11) is -0.365. The predicted octanol–water partition coefficient (Wildman–Crippen LogP) is 2.48. The Balaban J connectivity index is 1.55. The van der Waals surface area contributed by atoms with Crippen molar-refractivity contribution in [2.45, 2.75) is 24.7 Å². The summed E-state index contributed by atoms with van der Waals surface area (Å²) in [4.78, 5) is 14.6. The van der Waals surface area contributed by atoms with Gasteiger partial charge in [-0.05, 0) is 43.2 Å². The van der Waals surface area contributed by atoms with Crippen LogP contribution in [0.3, 0.4) is 0 Å². The molecule has 1 saturated heterocycles. The van der Waals surface area contributed by atoms with Crippen molar-refractivity contribution in [2.24, 2.45) is 0 Å². The van der Waals surface area contributed by atoms with Gasteiger partial charge in [0, 0.05) is 32.6 Å². The fourth-order valence-corrected chi connectivity index (χ4v) is 4.90. The molecule has 0 unspecified atom stereocenters. The van der Waals surface area contributed by atoms with Gasteiger partial charge < -0.3 is 14.4 Å². The molecule has 1 amide bonds. The average molecular weight is 433 g/mol. The van der Waals surface area contributed by atoms with E-state index < -0.39 is 10.0 Å². The Hall–Kier alpha value is -2.58. The van der Waals surface area contributed by atoms with E-state index in [0.29, 0.717) is 55.4 Å². The SMILES string of the molecule is COc1ccc(CCC(=O)N2CCN(S(=O)(=O)c3ccc(C)cc3)CC2)cc1OC. The molecule has 1 fully saturated rings. The van der Waals surface area contributed by atoms with E-state index in [1.165, 1.54) is 4.31 Å². The second-order valence-corrected chi connectivity index (χ2v) is 9.23. The second-order valence-electron chi connectivity index (χ2n) is 7.29. The molecule has 0 aliphatic carbocycles.